The minimum absolute atomic E-state index is 0.0342. The first-order valence-electron chi connectivity index (χ1n) is 8.39. The van der Waals surface area contributed by atoms with E-state index in [0.717, 1.165) is 24.3 Å². The van der Waals surface area contributed by atoms with Crippen LogP contribution in [-0.2, 0) is 14.3 Å². The molecule has 2 aliphatic rings. The van der Waals surface area contributed by atoms with Crippen LogP contribution in [0.4, 0.5) is 5.13 Å². The Balaban J connectivity index is 1.60. The SMILES string of the molecule is COCCC1(NC(=O)C2CC(=O)N(c3nnc(C(C)C)s3)C2)CC1. The Hall–Kier alpha value is -1.54. The molecule has 3 rings (SSSR count). The molecule has 2 amide bonds. The van der Waals surface area contributed by atoms with Crippen molar-refractivity contribution in [3.8, 4) is 0 Å². The predicted molar refractivity (Wildman–Crippen MR) is 91.1 cm³/mol. The quantitative estimate of drug-likeness (QED) is 0.807. The van der Waals surface area contributed by atoms with E-state index >= 15 is 0 Å². The number of rotatable bonds is 7. The van der Waals surface area contributed by atoms with Crippen LogP contribution in [0.15, 0.2) is 0 Å². The van der Waals surface area contributed by atoms with Gasteiger partial charge in [0.1, 0.15) is 5.01 Å². The molecular weight excluding hydrogens is 328 g/mol. The molecule has 24 heavy (non-hydrogen) atoms. The second kappa shape index (κ2) is 6.76. The molecule has 8 heteroatoms. The van der Waals surface area contributed by atoms with Crippen LogP contribution in [0.5, 0.6) is 0 Å². The molecule has 1 aromatic heterocycles. The van der Waals surface area contributed by atoms with Crippen LogP contribution in [0.3, 0.4) is 0 Å². The first-order valence-corrected chi connectivity index (χ1v) is 9.20. The zero-order chi connectivity index (χ0) is 17.3. The minimum Gasteiger partial charge on any atom is -0.385 e. The zero-order valence-electron chi connectivity index (χ0n) is 14.4. The molecule has 7 nitrogen and oxygen atoms in total. The third kappa shape index (κ3) is 3.59. The lowest BCUT2D eigenvalue weighted by atomic mass is 10.1. The Bertz CT molecular complexity index is 627. The van der Waals surface area contributed by atoms with E-state index < -0.39 is 0 Å². The number of methoxy groups -OCH3 is 1. The number of nitrogens with zero attached hydrogens (tertiary/aromatic N) is 3. The minimum atomic E-state index is -0.316. The summed E-state index contributed by atoms with van der Waals surface area (Å²) in [5.74, 6) is -0.121. The average Bonchev–Trinajstić information content (AvgIpc) is 2.97. The van der Waals surface area contributed by atoms with E-state index in [0.29, 0.717) is 18.3 Å². The van der Waals surface area contributed by atoms with Crippen molar-refractivity contribution in [2.24, 2.45) is 5.92 Å². The molecule has 1 atom stereocenters. The molecule has 1 aliphatic heterocycles. The molecule has 2 fully saturated rings. The maximum atomic E-state index is 12.5. The van der Waals surface area contributed by atoms with Crippen molar-refractivity contribution in [1.29, 1.82) is 0 Å². The summed E-state index contributed by atoms with van der Waals surface area (Å²) in [4.78, 5) is 26.4. The first kappa shape index (κ1) is 17.3. The van der Waals surface area contributed by atoms with Gasteiger partial charge in [0.15, 0.2) is 0 Å². The van der Waals surface area contributed by atoms with Crippen LogP contribution < -0.4 is 10.2 Å². The Kier molecular flexibility index (Phi) is 4.87. The van der Waals surface area contributed by atoms with Crippen LogP contribution in [0.2, 0.25) is 0 Å². The molecule has 0 spiro atoms. The summed E-state index contributed by atoms with van der Waals surface area (Å²) in [5.41, 5.74) is -0.114. The number of aromatic nitrogens is 2. The van der Waals surface area contributed by atoms with Gasteiger partial charge in [0, 0.05) is 38.1 Å². The largest absolute Gasteiger partial charge is 0.385 e. The van der Waals surface area contributed by atoms with E-state index in [1.807, 2.05) is 13.8 Å². The molecule has 0 radical (unpaired) electrons. The Labute approximate surface area is 145 Å². The summed E-state index contributed by atoms with van der Waals surface area (Å²) in [6.07, 6.45) is 3.04. The Morgan fingerprint density at radius 3 is 2.79 bits per heavy atom. The van der Waals surface area contributed by atoms with Gasteiger partial charge in [-0.25, -0.2) is 0 Å². The fourth-order valence-corrected chi connectivity index (χ4v) is 3.76. The van der Waals surface area contributed by atoms with E-state index in [2.05, 4.69) is 15.5 Å². The maximum absolute atomic E-state index is 12.5. The highest BCUT2D eigenvalue weighted by atomic mass is 32.1. The van der Waals surface area contributed by atoms with Gasteiger partial charge in [-0.3, -0.25) is 14.5 Å². The molecule has 1 aromatic rings. The van der Waals surface area contributed by atoms with Gasteiger partial charge in [-0.2, -0.15) is 0 Å². The number of anilines is 1. The van der Waals surface area contributed by atoms with E-state index in [9.17, 15) is 9.59 Å². The summed E-state index contributed by atoms with van der Waals surface area (Å²) in [5, 5.41) is 12.9. The fraction of sp³-hybridized carbons (Fsp3) is 0.750. The molecule has 132 valence electrons. The predicted octanol–water partition coefficient (Wildman–Crippen LogP) is 1.70. The number of amides is 2. The summed E-state index contributed by atoms with van der Waals surface area (Å²) in [7, 11) is 1.67. The van der Waals surface area contributed by atoms with Gasteiger partial charge in [-0.15, -0.1) is 10.2 Å². The van der Waals surface area contributed by atoms with E-state index in [1.54, 1.807) is 12.0 Å². The van der Waals surface area contributed by atoms with Crippen LogP contribution in [-0.4, -0.2) is 47.8 Å². The van der Waals surface area contributed by atoms with Gasteiger partial charge in [0.05, 0.1) is 5.92 Å². The van der Waals surface area contributed by atoms with Gasteiger partial charge in [0.25, 0.3) is 0 Å². The average molecular weight is 352 g/mol. The van der Waals surface area contributed by atoms with Crippen molar-refractivity contribution in [1.82, 2.24) is 15.5 Å². The second-order valence-corrected chi connectivity index (χ2v) is 7.98. The third-order valence-electron chi connectivity index (χ3n) is 4.68. The lowest BCUT2D eigenvalue weighted by Crippen LogP contribution is -2.42. The number of carbonyl (C=O) groups is 2. The standard InChI is InChI=1S/C16H24N4O3S/c1-10(2)14-18-19-15(24-14)20-9-11(8-12(20)21)13(22)17-16(4-5-16)6-7-23-3/h10-11H,4-9H2,1-3H3,(H,17,22). The summed E-state index contributed by atoms with van der Waals surface area (Å²) in [6.45, 7) is 5.11. The molecule has 0 aromatic carbocycles. The highest BCUT2D eigenvalue weighted by Gasteiger charge is 2.46. The lowest BCUT2D eigenvalue weighted by molar-refractivity contribution is -0.127. The van der Waals surface area contributed by atoms with Gasteiger partial charge in [0.2, 0.25) is 16.9 Å². The van der Waals surface area contributed by atoms with E-state index in [4.69, 9.17) is 4.74 Å². The van der Waals surface area contributed by atoms with E-state index in [1.165, 1.54) is 11.3 Å². The van der Waals surface area contributed by atoms with Gasteiger partial charge in [-0.1, -0.05) is 25.2 Å². The number of hydrogen-bond acceptors (Lipinski definition) is 6. The summed E-state index contributed by atoms with van der Waals surface area (Å²) in [6, 6.07) is 0. The molecule has 2 heterocycles. The lowest BCUT2D eigenvalue weighted by Gasteiger charge is -2.19. The maximum Gasteiger partial charge on any atom is 0.229 e. The highest BCUT2D eigenvalue weighted by molar-refractivity contribution is 7.15. The van der Waals surface area contributed by atoms with Crippen molar-refractivity contribution in [3.05, 3.63) is 5.01 Å². The molecule has 1 saturated carbocycles. The Morgan fingerprint density at radius 2 is 2.21 bits per heavy atom. The van der Waals surface area contributed by atoms with Crippen molar-refractivity contribution < 1.29 is 14.3 Å². The van der Waals surface area contributed by atoms with Gasteiger partial charge >= 0.3 is 0 Å². The Morgan fingerprint density at radius 1 is 1.46 bits per heavy atom. The molecule has 1 aliphatic carbocycles. The number of ether oxygens (including phenoxy) is 1. The second-order valence-electron chi connectivity index (χ2n) is 7.00. The zero-order valence-corrected chi connectivity index (χ0v) is 15.2. The normalized spacial score (nSPS) is 22.2. The summed E-state index contributed by atoms with van der Waals surface area (Å²) < 4.78 is 5.11. The van der Waals surface area contributed by atoms with Crippen LogP contribution in [0, 0.1) is 5.92 Å². The van der Waals surface area contributed by atoms with Crippen LogP contribution in [0.25, 0.3) is 0 Å². The molecule has 1 saturated heterocycles. The molecular formula is C16H24N4O3S. The summed E-state index contributed by atoms with van der Waals surface area (Å²) >= 11 is 1.43. The molecule has 1 unspecified atom stereocenters. The fourth-order valence-electron chi connectivity index (χ4n) is 2.89. The number of hydrogen-bond donors (Lipinski definition) is 1. The van der Waals surface area contributed by atoms with Crippen LogP contribution in [0.1, 0.15) is 50.5 Å². The van der Waals surface area contributed by atoms with E-state index in [-0.39, 0.29) is 35.6 Å². The van der Waals surface area contributed by atoms with Crippen molar-refractivity contribution in [3.63, 3.8) is 0 Å². The van der Waals surface area contributed by atoms with Crippen molar-refractivity contribution in [2.45, 2.75) is 51.0 Å². The van der Waals surface area contributed by atoms with Gasteiger partial charge in [-0.05, 0) is 19.3 Å². The molecule has 1 N–H and O–H groups in total. The third-order valence-corrected chi connectivity index (χ3v) is 5.92. The number of nitrogens with one attached hydrogen (secondary N) is 1. The van der Waals surface area contributed by atoms with Crippen molar-refractivity contribution in [2.75, 3.05) is 25.2 Å². The molecule has 0 bridgehead atoms. The smallest absolute Gasteiger partial charge is 0.229 e. The van der Waals surface area contributed by atoms with Crippen LogP contribution >= 0.6 is 11.3 Å². The monoisotopic (exact) mass is 352 g/mol. The first-order chi connectivity index (χ1) is 11.4. The van der Waals surface area contributed by atoms with Gasteiger partial charge < -0.3 is 10.1 Å². The van der Waals surface area contributed by atoms with Crippen molar-refractivity contribution >= 4 is 28.3 Å². The number of carbonyl (C=O) groups excluding carboxylic acids is 2. The highest BCUT2D eigenvalue weighted by Crippen LogP contribution is 2.39. The topological polar surface area (TPSA) is 84.4 Å².